The second kappa shape index (κ2) is 34.6. The van der Waals surface area contributed by atoms with Crippen LogP contribution in [0.25, 0.3) is 0 Å². The van der Waals surface area contributed by atoms with Gasteiger partial charge < -0.3 is 94.1 Å². The third-order valence-electron chi connectivity index (χ3n) is 13.5. The van der Waals surface area contributed by atoms with Crippen molar-refractivity contribution in [3.8, 4) is 11.5 Å². The number of hydrogen-bond donors (Lipinski definition) is 19. The number of carbonyl (C=O) groups is 12. The Balaban J connectivity index is 1.47. The number of benzene rings is 2. The highest BCUT2D eigenvalue weighted by Crippen LogP contribution is 2.20. The Bertz CT molecular complexity index is 2890. The molecule has 2 aromatic carbocycles. The fourth-order valence-electron chi connectivity index (χ4n) is 8.86. The standard InChI is InChI=1S/C54H75N13O18S2/c1-26(2)15-34(46(76)62-37(54(84)85)18-30-20-56-25-58-30)59-49(79)40(24-87)65-52(82)44(27(3)69)66-42(72)21-57-45(75)35(16-28-6-10-31(70)11-7-28)60-47(77)36(17-29-8-12-32(71)13-9-29)61-48(78)38(22-68)63-50(80)39(23-86)64-51(81)41-5-4-14-67(41)53(83)33(55)19-43(73)74/h6-13,20,25-27,33-41,44,68-71,86-87H,4-5,14-19,21-24,55H2,1-3H3,(H,56,58)(H,57,75)(H,59,79)(H,60,77)(H,61,78)(H,62,76)(H,63,80)(H,64,81)(H,65,82)(H,66,72)(H,73,74)(H,84,85)/t27-,33+,34+,35+,36+,37+,38+,39+,40+,41+,44+/m1/s1. The zero-order valence-corrected chi connectivity index (χ0v) is 49.4. The molecule has 87 heavy (non-hydrogen) atoms. The van der Waals surface area contributed by atoms with Gasteiger partial charge in [-0.15, -0.1) is 0 Å². The molecule has 0 aliphatic carbocycles. The molecule has 10 amide bonds. The number of rotatable bonds is 34. The number of aromatic amines is 1. The van der Waals surface area contributed by atoms with Crippen LogP contribution in [0.5, 0.6) is 11.5 Å². The van der Waals surface area contributed by atoms with Crippen molar-refractivity contribution in [2.45, 2.75) is 132 Å². The molecule has 1 aromatic heterocycles. The zero-order chi connectivity index (χ0) is 64.7. The highest BCUT2D eigenvalue weighted by molar-refractivity contribution is 7.80. The van der Waals surface area contributed by atoms with Crippen LogP contribution in [0, 0.1) is 5.92 Å². The number of thiol groups is 2. The highest BCUT2D eigenvalue weighted by Gasteiger charge is 2.39. The van der Waals surface area contributed by atoms with Gasteiger partial charge in [0.1, 0.15) is 65.9 Å². The van der Waals surface area contributed by atoms with E-state index in [4.69, 9.17) is 10.8 Å². The van der Waals surface area contributed by atoms with Crippen molar-refractivity contribution in [2.75, 3.05) is 31.2 Å². The quantitative estimate of drug-likeness (QED) is 0.0249. The summed E-state index contributed by atoms with van der Waals surface area (Å²) >= 11 is 8.32. The largest absolute Gasteiger partial charge is 0.508 e. The average Bonchev–Trinajstić information content (AvgIpc) is 3.81. The Morgan fingerprint density at radius 3 is 1.62 bits per heavy atom. The fourth-order valence-corrected chi connectivity index (χ4v) is 9.37. The van der Waals surface area contributed by atoms with Gasteiger partial charge in [-0.2, -0.15) is 25.3 Å². The molecule has 0 saturated carbocycles. The Morgan fingerprint density at radius 1 is 0.644 bits per heavy atom. The molecule has 1 aliphatic heterocycles. The first-order valence-corrected chi connectivity index (χ1v) is 28.6. The molecule has 0 radical (unpaired) electrons. The molecule has 11 atom stereocenters. The normalized spacial score (nSPS) is 16.3. The van der Waals surface area contributed by atoms with E-state index in [1.165, 1.54) is 61.1 Å². The average molecular weight is 1260 g/mol. The van der Waals surface area contributed by atoms with Gasteiger partial charge in [-0.25, -0.2) is 9.78 Å². The second-order valence-electron chi connectivity index (χ2n) is 20.9. The molecule has 1 fully saturated rings. The van der Waals surface area contributed by atoms with Crippen molar-refractivity contribution in [1.29, 1.82) is 0 Å². The first-order chi connectivity index (χ1) is 41.1. The molecule has 0 unspecified atom stereocenters. The number of aliphatic hydroxyl groups excluding tert-OH is 2. The summed E-state index contributed by atoms with van der Waals surface area (Å²) < 4.78 is 0. The van der Waals surface area contributed by atoms with Crippen LogP contribution < -0.4 is 53.6 Å². The maximum Gasteiger partial charge on any atom is 0.326 e. The van der Waals surface area contributed by atoms with Crippen LogP contribution in [0.4, 0.5) is 0 Å². The number of amides is 10. The van der Waals surface area contributed by atoms with Gasteiger partial charge in [-0.05, 0) is 67.5 Å². The first-order valence-electron chi connectivity index (χ1n) is 27.4. The minimum Gasteiger partial charge on any atom is -0.508 e. The van der Waals surface area contributed by atoms with E-state index in [0.717, 1.165) is 11.8 Å². The van der Waals surface area contributed by atoms with Crippen LogP contribution in [0.3, 0.4) is 0 Å². The molecule has 1 saturated heterocycles. The van der Waals surface area contributed by atoms with Gasteiger partial charge in [0.15, 0.2) is 0 Å². The summed E-state index contributed by atoms with van der Waals surface area (Å²) in [6, 6.07) is -4.21. The van der Waals surface area contributed by atoms with Gasteiger partial charge in [-0.1, -0.05) is 38.1 Å². The minimum absolute atomic E-state index is 0.0388. The molecule has 4 rings (SSSR count). The van der Waals surface area contributed by atoms with Gasteiger partial charge >= 0.3 is 11.9 Å². The molecule has 0 bridgehead atoms. The highest BCUT2D eigenvalue weighted by atomic mass is 32.1. The summed E-state index contributed by atoms with van der Waals surface area (Å²) in [5, 5.41) is 81.4. The van der Waals surface area contributed by atoms with E-state index in [0.29, 0.717) is 23.2 Å². The van der Waals surface area contributed by atoms with Crippen molar-refractivity contribution in [3.05, 3.63) is 77.9 Å². The molecule has 18 N–H and O–H groups in total. The number of phenolic OH excluding ortho intramolecular Hbond substituents is 2. The number of nitrogens with two attached hydrogens (primary N) is 1. The Labute approximate surface area is 509 Å². The van der Waals surface area contributed by atoms with E-state index in [1.54, 1.807) is 13.8 Å². The van der Waals surface area contributed by atoms with Crippen LogP contribution in [0.1, 0.15) is 63.3 Å². The maximum atomic E-state index is 14.4. The van der Waals surface area contributed by atoms with E-state index < -0.39 is 157 Å². The number of H-pyrrole nitrogens is 1. The van der Waals surface area contributed by atoms with Gasteiger partial charge in [0.25, 0.3) is 0 Å². The smallest absolute Gasteiger partial charge is 0.326 e. The van der Waals surface area contributed by atoms with Crippen LogP contribution in [-0.2, 0) is 76.8 Å². The lowest BCUT2D eigenvalue weighted by molar-refractivity contribution is -0.144. The zero-order valence-electron chi connectivity index (χ0n) is 47.6. The molecule has 476 valence electrons. The topological polar surface area (TPSA) is 492 Å². The lowest BCUT2D eigenvalue weighted by atomic mass is 10.0. The number of carbonyl (C=O) groups excluding carboxylic acids is 10. The molecule has 31 nitrogen and oxygen atoms in total. The second-order valence-corrected chi connectivity index (χ2v) is 21.6. The van der Waals surface area contributed by atoms with Crippen molar-refractivity contribution in [1.82, 2.24) is 62.7 Å². The number of aliphatic hydroxyl groups is 2. The SMILES string of the molecule is CC(C)C[C@H](NC(=O)[C@H](CS)NC(=O)[C@@H](NC(=O)CNC(=O)[C@H](Cc1ccc(O)cc1)NC(=O)[C@H](Cc1ccc(O)cc1)NC(=O)[C@H](CO)NC(=O)[C@H](CS)NC(=O)[C@@H]1CCCN1C(=O)[C@@H](N)CC(=O)O)[C@@H](C)O)C(=O)N[C@@H](Cc1cnc[nH]1)C(=O)O. The number of nitrogens with zero attached hydrogens (tertiary/aromatic N) is 2. The van der Waals surface area contributed by atoms with E-state index >= 15 is 0 Å². The van der Waals surface area contributed by atoms with Crippen LogP contribution in [0.2, 0.25) is 0 Å². The molecular weight excluding hydrogens is 1180 g/mol. The molecular formula is C54H75N13O18S2. The lowest BCUT2D eigenvalue weighted by Gasteiger charge is -2.28. The number of aromatic hydroxyl groups is 2. The summed E-state index contributed by atoms with van der Waals surface area (Å²) in [6.45, 7) is 2.75. The number of nitrogens with one attached hydrogen (secondary N) is 10. The number of carboxylic acids is 2. The van der Waals surface area contributed by atoms with Gasteiger partial charge in [-0.3, -0.25) is 52.7 Å². The van der Waals surface area contributed by atoms with Crippen molar-refractivity contribution < 1.29 is 88.2 Å². The van der Waals surface area contributed by atoms with E-state index in [2.05, 4.69) is 83.1 Å². The number of hydrogen-bond acceptors (Lipinski definition) is 20. The van der Waals surface area contributed by atoms with E-state index in [9.17, 15) is 83.1 Å². The number of imidazole rings is 1. The minimum atomic E-state index is -1.80. The number of likely N-dealkylation sites (tertiary alicyclic amines) is 1. The molecule has 0 spiro atoms. The Morgan fingerprint density at radius 2 is 1.13 bits per heavy atom. The number of phenols is 2. The predicted molar refractivity (Wildman–Crippen MR) is 313 cm³/mol. The van der Waals surface area contributed by atoms with Gasteiger partial charge in [0, 0.05) is 49.2 Å². The fraction of sp³-hybridized carbons (Fsp3) is 0.500. The molecule has 2 heterocycles. The van der Waals surface area contributed by atoms with Crippen molar-refractivity contribution in [3.63, 3.8) is 0 Å². The third-order valence-corrected chi connectivity index (χ3v) is 14.2. The van der Waals surface area contributed by atoms with Crippen LogP contribution in [-0.4, -0.2) is 214 Å². The summed E-state index contributed by atoms with van der Waals surface area (Å²) in [7, 11) is 0. The summed E-state index contributed by atoms with van der Waals surface area (Å²) in [5.41, 5.74) is 6.88. The number of carboxylic acid groups (broad SMARTS) is 2. The summed E-state index contributed by atoms with van der Waals surface area (Å²) in [4.78, 5) is 167. The summed E-state index contributed by atoms with van der Waals surface area (Å²) in [6.07, 6.45) is 0.110. The molecule has 3 aromatic rings. The maximum absolute atomic E-state index is 14.4. The number of aliphatic carboxylic acids is 2. The summed E-state index contributed by atoms with van der Waals surface area (Å²) in [5.74, 6) is -13.7. The predicted octanol–water partition coefficient (Wildman–Crippen LogP) is -5.00. The number of aromatic nitrogens is 2. The Kier molecular flexibility index (Phi) is 28.2. The first kappa shape index (κ1) is 71.0. The van der Waals surface area contributed by atoms with Gasteiger partial charge in [0.05, 0.1) is 38.0 Å². The van der Waals surface area contributed by atoms with E-state index in [1.807, 2.05) is 0 Å². The van der Waals surface area contributed by atoms with E-state index in [-0.39, 0.29) is 67.6 Å². The molecule has 1 aliphatic rings. The van der Waals surface area contributed by atoms with Crippen molar-refractivity contribution in [2.24, 2.45) is 11.7 Å². The Hall–Kier alpha value is -8.53. The van der Waals surface area contributed by atoms with Gasteiger partial charge in [0.2, 0.25) is 59.1 Å². The van der Waals surface area contributed by atoms with Crippen LogP contribution >= 0.6 is 25.3 Å². The van der Waals surface area contributed by atoms with Crippen molar-refractivity contribution >= 4 is 96.3 Å². The molecule has 33 heteroatoms. The lowest BCUT2D eigenvalue weighted by Crippen LogP contribution is -2.61. The monoisotopic (exact) mass is 1260 g/mol. The van der Waals surface area contributed by atoms with Crippen LogP contribution in [0.15, 0.2) is 61.1 Å². The third kappa shape index (κ3) is 22.7.